The van der Waals surface area contributed by atoms with E-state index in [1.165, 1.54) is 16.7 Å². The van der Waals surface area contributed by atoms with E-state index in [-0.39, 0.29) is 6.10 Å². The van der Waals surface area contributed by atoms with Crippen LogP contribution in [-0.4, -0.2) is 37.2 Å². The van der Waals surface area contributed by atoms with Crippen molar-refractivity contribution in [2.24, 2.45) is 0 Å². The van der Waals surface area contributed by atoms with Crippen LogP contribution in [0.1, 0.15) is 24.0 Å². The number of likely N-dealkylation sites (tertiary alicyclic amines) is 1. The van der Waals surface area contributed by atoms with Crippen molar-refractivity contribution in [1.29, 1.82) is 0 Å². The van der Waals surface area contributed by atoms with E-state index in [2.05, 4.69) is 38.6 Å². The Labute approximate surface area is 173 Å². The number of para-hydroxylation sites is 2. The first-order valence-electron chi connectivity index (χ1n) is 9.75. The van der Waals surface area contributed by atoms with Crippen LogP contribution in [0.4, 0.5) is 0 Å². The summed E-state index contributed by atoms with van der Waals surface area (Å²) in [4.78, 5) is 2.52. The van der Waals surface area contributed by atoms with Crippen molar-refractivity contribution in [1.82, 2.24) is 4.90 Å². The molecule has 0 aliphatic carbocycles. The maximum atomic E-state index is 6.15. The summed E-state index contributed by atoms with van der Waals surface area (Å²) >= 11 is 3.55. The highest BCUT2D eigenvalue weighted by Gasteiger charge is 2.25. The fraction of sp³-hybridized carbons (Fsp3) is 0.304. The SMILES string of the molecule is c1ccc2c(c1)OCC(CN1CCC(=C(c3ccsc3)c3ccsc3)CC1)O2. The van der Waals surface area contributed by atoms with Gasteiger partial charge in [-0.15, -0.1) is 0 Å². The molecule has 5 rings (SSSR count). The Kier molecular flexibility index (Phi) is 5.21. The quantitative estimate of drug-likeness (QED) is 0.564. The molecule has 0 bridgehead atoms. The second-order valence-corrected chi connectivity index (χ2v) is 8.86. The Morgan fingerprint density at radius 1 is 0.929 bits per heavy atom. The maximum Gasteiger partial charge on any atom is 0.161 e. The minimum absolute atomic E-state index is 0.105. The first-order valence-corrected chi connectivity index (χ1v) is 11.6. The highest BCUT2D eigenvalue weighted by atomic mass is 32.1. The molecular weight excluding hydrogens is 386 g/mol. The van der Waals surface area contributed by atoms with Crippen molar-refractivity contribution >= 4 is 28.2 Å². The minimum Gasteiger partial charge on any atom is -0.486 e. The molecule has 0 radical (unpaired) electrons. The zero-order valence-electron chi connectivity index (χ0n) is 15.7. The van der Waals surface area contributed by atoms with E-state index in [9.17, 15) is 0 Å². The molecule has 5 heteroatoms. The summed E-state index contributed by atoms with van der Waals surface area (Å²) in [5.41, 5.74) is 5.77. The van der Waals surface area contributed by atoms with Gasteiger partial charge in [-0.2, -0.15) is 22.7 Å². The summed E-state index contributed by atoms with van der Waals surface area (Å²) in [5.74, 6) is 1.73. The average Bonchev–Trinajstić information content (AvgIpc) is 3.45. The van der Waals surface area contributed by atoms with E-state index in [0.717, 1.165) is 44.0 Å². The number of thiophene rings is 2. The van der Waals surface area contributed by atoms with Crippen molar-refractivity contribution in [2.45, 2.75) is 18.9 Å². The number of benzene rings is 1. The number of rotatable bonds is 4. The predicted molar refractivity (Wildman–Crippen MR) is 117 cm³/mol. The lowest BCUT2D eigenvalue weighted by atomic mass is 9.91. The van der Waals surface area contributed by atoms with E-state index in [4.69, 9.17) is 9.47 Å². The van der Waals surface area contributed by atoms with Crippen molar-refractivity contribution < 1.29 is 9.47 Å². The predicted octanol–water partition coefficient (Wildman–Crippen LogP) is 5.55. The zero-order chi connectivity index (χ0) is 18.8. The smallest absolute Gasteiger partial charge is 0.161 e. The van der Waals surface area contributed by atoms with Gasteiger partial charge >= 0.3 is 0 Å². The number of ether oxygens (including phenoxy) is 2. The van der Waals surface area contributed by atoms with Gasteiger partial charge in [0.15, 0.2) is 11.5 Å². The van der Waals surface area contributed by atoms with Gasteiger partial charge < -0.3 is 9.47 Å². The Morgan fingerprint density at radius 2 is 1.61 bits per heavy atom. The lowest BCUT2D eigenvalue weighted by Gasteiger charge is -2.34. The molecule has 1 unspecified atom stereocenters. The van der Waals surface area contributed by atoms with Crippen LogP contribution in [0.3, 0.4) is 0 Å². The second kappa shape index (κ2) is 8.11. The molecule has 1 atom stereocenters. The number of fused-ring (bicyclic) bond motifs is 1. The molecule has 144 valence electrons. The standard InChI is InChI=1S/C23H23NO2S2/c1-2-4-22-21(3-1)25-14-20(26-22)13-24-9-5-17(6-10-24)23(18-7-11-27-15-18)19-8-12-28-16-19/h1-4,7-8,11-12,15-16,20H,5-6,9-10,13-14H2. The van der Waals surface area contributed by atoms with Crippen LogP contribution < -0.4 is 9.47 Å². The summed E-state index contributed by atoms with van der Waals surface area (Å²) in [6.07, 6.45) is 2.34. The molecule has 1 aromatic carbocycles. The lowest BCUT2D eigenvalue weighted by Crippen LogP contribution is -2.43. The molecule has 2 aliphatic rings. The molecule has 0 amide bonds. The Hall–Kier alpha value is -2.08. The zero-order valence-corrected chi connectivity index (χ0v) is 17.3. The number of piperidine rings is 1. The molecule has 1 saturated heterocycles. The van der Waals surface area contributed by atoms with Crippen LogP contribution in [0.15, 0.2) is 63.5 Å². The van der Waals surface area contributed by atoms with E-state index in [1.54, 1.807) is 28.2 Å². The topological polar surface area (TPSA) is 21.7 Å². The van der Waals surface area contributed by atoms with Gasteiger partial charge in [-0.25, -0.2) is 0 Å². The van der Waals surface area contributed by atoms with Crippen molar-refractivity contribution in [3.8, 4) is 11.5 Å². The Morgan fingerprint density at radius 3 is 2.25 bits per heavy atom. The van der Waals surface area contributed by atoms with E-state index >= 15 is 0 Å². The van der Waals surface area contributed by atoms with Crippen LogP contribution in [0.25, 0.3) is 5.57 Å². The van der Waals surface area contributed by atoms with Gasteiger partial charge in [0.2, 0.25) is 0 Å². The molecule has 28 heavy (non-hydrogen) atoms. The third-order valence-corrected chi connectivity index (χ3v) is 6.83. The average molecular weight is 410 g/mol. The summed E-state index contributed by atoms with van der Waals surface area (Å²) in [5, 5.41) is 8.90. The Bertz CT molecular complexity index is 901. The van der Waals surface area contributed by atoms with Crippen LogP contribution in [0.2, 0.25) is 0 Å². The van der Waals surface area contributed by atoms with E-state index in [0.29, 0.717) is 6.61 Å². The summed E-state index contributed by atoms with van der Waals surface area (Å²) < 4.78 is 12.0. The number of hydrogen-bond acceptors (Lipinski definition) is 5. The van der Waals surface area contributed by atoms with Crippen LogP contribution in [-0.2, 0) is 0 Å². The highest BCUT2D eigenvalue weighted by molar-refractivity contribution is 7.08. The monoisotopic (exact) mass is 409 g/mol. The van der Waals surface area contributed by atoms with Gasteiger partial charge in [-0.3, -0.25) is 4.90 Å². The number of hydrogen-bond donors (Lipinski definition) is 0. The van der Waals surface area contributed by atoms with Gasteiger partial charge in [0.05, 0.1) is 0 Å². The molecular formula is C23H23NO2S2. The van der Waals surface area contributed by atoms with Gasteiger partial charge in [0.1, 0.15) is 12.7 Å². The molecule has 2 aliphatic heterocycles. The fourth-order valence-electron chi connectivity index (χ4n) is 4.08. The van der Waals surface area contributed by atoms with Gasteiger partial charge in [0.25, 0.3) is 0 Å². The van der Waals surface area contributed by atoms with Crippen molar-refractivity contribution in [3.05, 3.63) is 74.6 Å². The second-order valence-electron chi connectivity index (χ2n) is 7.30. The lowest BCUT2D eigenvalue weighted by molar-refractivity contribution is 0.0565. The van der Waals surface area contributed by atoms with Gasteiger partial charge in [-0.05, 0) is 75.3 Å². The van der Waals surface area contributed by atoms with Gasteiger partial charge in [-0.1, -0.05) is 17.7 Å². The first kappa shape index (κ1) is 18.0. The minimum atomic E-state index is 0.105. The molecule has 0 saturated carbocycles. The summed E-state index contributed by atoms with van der Waals surface area (Å²) in [7, 11) is 0. The fourth-order valence-corrected chi connectivity index (χ4v) is 5.38. The third-order valence-electron chi connectivity index (χ3n) is 5.46. The van der Waals surface area contributed by atoms with Crippen LogP contribution in [0.5, 0.6) is 11.5 Å². The summed E-state index contributed by atoms with van der Waals surface area (Å²) in [6.45, 7) is 3.71. The van der Waals surface area contributed by atoms with Crippen LogP contribution in [0, 0.1) is 0 Å². The maximum absolute atomic E-state index is 6.15. The molecule has 2 aromatic heterocycles. The van der Waals surface area contributed by atoms with Crippen molar-refractivity contribution in [2.75, 3.05) is 26.2 Å². The van der Waals surface area contributed by atoms with E-state index in [1.807, 2.05) is 24.3 Å². The van der Waals surface area contributed by atoms with Gasteiger partial charge in [0, 0.05) is 19.6 Å². The third kappa shape index (κ3) is 3.75. The molecule has 1 fully saturated rings. The molecule has 3 nitrogen and oxygen atoms in total. The molecule has 3 aromatic rings. The largest absolute Gasteiger partial charge is 0.486 e. The van der Waals surface area contributed by atoms with E-state index < -0.39 is 0 Å². The summed E-state index contributed by atoms with van der Waals surface area (Å²) in [6, 6.07) is 12.5. The molecule has 4 heterocycles. The molecule has 0 N–H and O–H groups in total. The highest BCUT2D eigenvalue weighted by Crippen LogP contribution is 2.35. The van der Waals surface area contributed by atoms with Crippen LogP contribution >= 0.6 is 22.7 Å². The normalized spacial score (nSPS) is 19.6. The molecule has 0 spiro atoms. The Balaban J connectivity index is 1.27. The first-order chi connectivity index (χ1) is 13.9. The van der Waals surface area contributed by atoms with Crippen molar-refractivity contribution in [3.63, 3.8) is 0 Å². The number of nitrogens with zero attached hydrogens (tertiary/aromatic N) is 1.